The highest BCUT2D eigenvalue weighted by molar-refractivity contribution is 6.00. The molecule has 27 heavy (non-hydrogen) atoms. The largest absolute Gasteiger partial charge is 0.356 e. The Kier molecular flexibility index (Phi) is 6.14. The van der Waals surface area contributed by atoms with Crippen molar-refractivity contribution in [3.63, 3.8) is 0 Å². The van der Waals surface area contributed by atoms with Crippen molar-refractivity contribution in [1.29, 1.82) is 0 Å². The highest BCUT2D eigenvalue weighted by Gasteiger charge is 2.39. The summed E-state index contributed by atoms with van der Waals surface area (Å²) in [5, 5.41) is 2.98. The average Bonchev–Trinajstić information content (AvgIpc) is 3.08. The molecule has 6 nitrogen and oxygen atoms in total. The molecule has 6 heteroatoms. The number of rotatable bonds is 5. The van der Waals surface area contributed by atoms with Crippen LogP contribution in [0.2, 0.25) is 0 Å². The van der Waals surface area contributed by atoms with E-state index in [1.165, 1.54) is 0 Å². The highest BCUT2D eigenvalue weighted by atomic mass is 16.2. The van der Waals surface area contributed by atoms with Crippen LogP contribution in [0.15, 0.2) is 30.3 Å². The van der Waals surface area contributed by atoms with Crippen LogP contribution in [0.25, 0.3) is 0 Å². The van der Waals surface area contributed by atoms with Crippen LogP contribution in [0.4, 0.5) is 5.69 Å². The minimum atomic E-state index is -0.324. The molecular formula is C21H29N3O3. The molecule has 0 aliphatic carbocycles. The lowest BCUT2D eigenvalue weighted by molar-refractivity contribution is -0.139. The molecule has 3 amide bonds. The third kappa shape index (κ3) is 4.67. The van der Waals surface area contributed by atoms with Crippen molar-refractivity contribution in [2.45, 2.75) is 33.1 Å². The molecule has 1 aromatic carbocycles. The minimum Gasteiger partial charge on any atom is -0.356 e. The smallest absolute Gasteiger partial charge is 0.228 e. The van der Waals surface area contributed by atoms with E-state index < -0.39 is 0 Å². The highest BCUT2D eigenvalue weighted by Crippen LogP contribution is 2.27. The summed E-state index contributed by atoms with van der Waals surface area (Å²) in [5.41, 5.74) is 0.836. The van der Waals surface area contributed by atoms with Crippen molar-refractivity contribution >= 4 is 23.4 Å². The Morgan fingerprint density at radius 1 is 1.15 bits per heavy atom. The Bertz CT molecular complexity index is 689. The fourth-order valence-corrected chi connectivity index (χ4v) is 3.83. The lowest BCUT2D eigenvalue weighted by Gasteiger charge is -2.33. The molecule has 0 aromatic heterocycles. The van der Waals surface area contributed by atoms with Gasteiger partial charge in [0, 0.05) is 38.3 Å². The number of carbonyl (C=O) groups is 3. The van der Waals surface area contributed by atoms with Crippen LogP contribution in [0, 0.1) is 17.8 Å². The lowest BCUT2D eigenvalue weighted by Crippen LogP contribution is -2.48. The summed E-state index contributed by atoms with van der Waals surface area (Å²) in [5.74, 6) is -0.0387. The van der Waals surface area contributed by atoms with E-state index in [9.17, 15) is 14.4 Å². The maximum absolute atomic E-state index is 13.0. The van der Waals surface area contributed by atoms with E-state index in [0.29, 0.717) is 32.1 Å². The van der Waals surface area contributed by atoms with Gasteiger partial charge in [0.25, 0.3) is 0 Å². The summed E-state index contributed by atoms with van der Waals surface area (Å²) in [6, 6.07) is 9.47. The Morgan fingerprint density at radius 3 is 2.59 bits per heavy atom. The van der Waals surface area contributed by atoms with Crippen LogP contribution in [0.5, 0.6) is 0 Å². The quantitative estimate of drug-likeness (QED) is 0.861. The molecule has 1 N–H and O–H groups in total. The lowest BCUT2D eigenvalue weighted by atomic mass is 9.95. The van der Waals surface area contributed by atoms with Crippen LogP contribution in [-0.4, -0.2) is 48.8 Å². The Morgan fingerprint density at radius 2 is 1.89 bits per heavy atom. The first kappa shape index (κ1) is 19.4. The number of likely N-dealkylation sites (tertiary alicyclic amines) is 1. The topological polar surface area (TPSA) is 69.7 Å². The second kappa shape index (κ2) is 8.55. The van der Waals surface area contributed by atoms with Gasteiger partial charge in [-0.25, -0.2) is 0 Å². The van der Waals surface area contributed by atoms with Crippen LogP contribution in [0.1, 0.15) is 33.1 Å². The minimum absolute atomic E-state index is 0.00291. The van der Waals surface area contributed by atoms with Gasteiger partial charge in [0.05, 0.1) is 11.8 Å². The molecule has 0 bridgehead atoms. The first-order chi connectivity index (χ1) is 13.0. The number of para-hydroxylation sites is 1. The second-order valence-corrected chi connectivity index (χ2v) is 8.00. The zero-order valence-electron chi connectivity index (χ0n) is 16.2. The molecule has 2 heterocycles. The molecule has 0 radical (unpaired) electrons. The number of benzene rings is 1. The predicted molar refractivity (Wildman–Crippen MR) is 104 cm³/mol. The number of nitrogens with zero attached hydrogens (tertiary/aromatic N) is 2. The monoisotopic (exact) mass is 371 g/mol. The molecule has 1 aromatic rings. The van der Waals surface area contributed by atoms with Crippen molar-refractivity contribution in [3.8, 4) is 0 Å². The van der Waals surface area contributed by atoms with Gasteiger partial charge in [0.1, 0.15) is 0 Å². The van der Waals surface area contributed by atoms with Crippen molar-refractivity contribution in [2.24, 2.45) is 17.8 Å². The van der Waals surface area contributed by atoms with E-state index in [1.54, 1.807) is 9.80 Å². The van der Waals surface area contributed by atoms with Gasteiger partial charge in [-0.2, -0.15) is 0 Å². The molecule has 2 fully saturated rings. The fourth-order valence-electron chi connectivity index (χ4n) is 3.83. The van der Waals surface area contributed by atoms with E-state index in [0.717, 1.165) is 18.5 Å². The van der Waals surface area contributed by atoms with Gasteiger partial charge < -0.3 is 15.1 Å². The van der Waals surface area contributed by atoms with E-state index in [-0.39, 0.29) is 36.0 Å². The summed E-state index contributed by atoms with van der Waals surface area (Å²) in [7, 11) is 0. The second-order valence-electron chi connectivity index (χ2n) is 8.00. The van der Waals surface area contributed by atoms with Crippen LogP contribution in [0.3, 0.4) is 0 Å². The number of piperidine rings is 1. The van der Waals surface area contributed by atoms with Crippen molar-refractivity contribution in [3.05, 3.63) is 30.3 Å². The predicted octanol–water partition coefficient (Wildman–Crippen LogP) is 2.05. The van der Waals surface area contributed by atoms with Crippen molar-refractivity contribution < 1.29 is 14.4 Å². The van der Waals surface area contributed by atoms with Crippen molar-refractivity contribution in [1.82, 2.24) is 10.2 Å². The molecule has 3 rings (SSSR count). The van der Waals surface area contributed by atoms with Gasteiger partial charge in [-0.15, -0.1) is 0 Å². The summed E-state index contributed by atoms with van der Waals surface area (Å²) in [6.45, 7) is 6.33. The fraction of sp³-hybridized carbons (Fsp3) is 0.571. The van der Waals surface area contributed by atoms with E-state index in [4.69, 9.17) is 0 Å². The number of anilines is 1. The zero-order valence-corrected chi connectivity index (χ0v) is 16.2. The normalized spacial score (nSPS) is 23.0. The molecule has 2 atom stereocenters. The molecule has 2 saturated heterocycles. The summed E-state index contributed by atoms with van der Waals surface area (Å²) < 4.78 is 0. The first-order valence-corrected chi connectivity index (χ1v) is 9.87. The van der Waals surface area contributed by atoms with E-state index in [2.05, 4.69) is 19.2 Å². The molecule has 146 valence electrons. The molecule has 2 aliphatic heterocycles. The number of amides is 3. The molecule has 0 unspecified atom stereocenters. The maximum Gasteiger partial charge on any atom is 0.228 e. The average molecular weight is 371 g/mol. The number of carbonyl (C=O) groups excluding carboxylic acids is 3. The number of hydrogen-bond donors (Lipinski definition) is 1. The van der Waals surface area contributed by atoms with Crippen LogP contribution >= 0.6 is 0 Å². The van der Waals surface area contributed by atoms with Gasteiger partial charge in [0.2, 0.25) is 17.7 Å². The van der Waals surface area contributed by atoms with Gasteiger partial charge >= 0.3 is 0 Å². The molecule has 0 saturated carbocycles. The van der Waals surface area contributed by atoms with Crippen LogP contribution in [-0.2, 0) is 14.4 Å². The molecule has 2 aliphatic rings. The van der Waals surface area contributed by atoms with E-state index in [1.807, 2.05) is 30.3 Å². The molecule has 0 spiro atoms. The van der Waals surface area contributed by atoms with E-state index >= 15 is 0 Å². The number of nitrogens with one attached hydrogen (secondary N) is 1. The third-order valence-electron chi connectivity index (χ3n) is 5.33. The van der Waals surface area contributed by atoms with Gasteiger partial charge in [-0.3, -0.25) is 14.4 Å². The summed E-state index contributed by atoms with van der Waals surface area (Å²) in [6.07, 6.45) is 1.89. The third-order valence-corrected chi connectivity index (χ3v) is 5.33. The van der Waals surface area contributed by atoms with Crippen LogP contribution < -0.4 is 10.2 Å². The first-order valence-electron chi connectivity index (χ1n) is 9.87. The Labute approximate surface area is 160 Å². The van der Waals surface area contributed by atoms with Gasteiger partial charge in [-0.1, -0.05) is 32.0 Å². The van der Waals surface area contributed by atoms with Gasteiger partial charge in [-0.05, 0) is 30.9 Å². The number of hydrogen-bond acceptors (Lipinski definition) is 3. The van der Waals surface area contributed by atoms with Crippen molar-refractivity contribution in [2.75, 3.05) is 31.1 Å². The standard InChI is InChI=1S/C21H29N3O3/c1-15(2)12-22-20(26)16-7-6-10-23(13-16)21(27)17-11-19(25)24(14-17)18-8-4-3-5-9-18/h3-5,8-9,15-17H,6-7,10-14H2,1-2H3,(H,22,26)/t16-,17-/m0/s1. The molecular weight excluding hydrogens is 342 g/mol. The maximum atomic E-state index is 13.0. The summed E-state index contributed by atoms with van der Waals surface area (Å²) >= 11 is 0. The summed E-state index contributed by atoms with van der Waals surface area (Å²) in [4.78, 5) is 41.2. The SMILES string of the molecule is CC(C)CNC(=O)[C@H]1CCCN(C(=O)[C@H]2CC(=O)N(c3ccccc3)C2)C1. The zero-order chi connectivity index (χ0) is 19.4. The Hall–Kier alpha value is -2.37. The Balaban J connectivity index is 1.59. The van der Waals surface area contributed by atoms with Gasteiger partial charge in [0.15, 0.2) is 0 Å².